The zero-order valence-electron chi connectivity index (χ0n) is 15.3. The van der Waals surface area contributed by atoms with Crippen LogP contribution in [0.25, 0.3) is 0 Å². The molecule has 0 bridgehead atoms. The molecule has 7 heteroatoms. The first kappa shape index (κ1) is 19.5. The molecule has 26 heavy (non-hydrogen) atoms. The van der Waals surface area contributed by atoms with Crippen molar-refractivity contribution in [2.24, 2.45) is 5.73 Å². The molecule has 6 nitrogen and oxygen atoms in total. The molecule has 1 aromatic carbocycles. The van der Waals surface area contributed by atoms with Crippen molar-refractivity contribution in [2.75, 3.05) is 37.7 Å². The van der Waals surface area contributed by atoms with Crippen LogP contribution in [0, 0.1) is 6.92 Å². The van der Waals surface area contributed by atoms with Gasteiger partial charge < -0.3 is 20.3 Å². The van der Waals surface area contributed by atoms with Crippen molar-refractivity contribution in [2.45, 2.75) is 38.0 Å². The number of aliphatic carboxylic acids is 1. The van der Waals surface area contributed by atoms with Crippen molar-refractivity contribution < 1.29 is 19.4 Å². The minimum absolute atomic E-state index is 0.104. The summed E-state index contributed by atoms with van der Waals surface area (Å²) in [5.74, 6) is 1.46. The van der Waals surface area contributed by atoms with Gasteiger partial charge in [0, 0.05) is 39.0 Å². The minimum atomic E-state index is -1.09. The fourth-order valence-electron chi connectivity index (χ4n) is 3.52. The summed E-state index contributed by atoms with van der Waals surface area (Å²) in [5, 5.41) is 9.70. The van der Waals surface area contributed by atoms with Gasteiger partial charge in [0.1, 0.15) is 5.75 Å². The SMILES string of the molecule is Cc1cc(CN2CCO[C@H](CN)C2)ccc1OC1(C(=O)O)CCSCC1. The molecule has 0 spiro atoms. The topological polar surface area (TPSA) is 85.0 Å². The van der Waals surface area contributed by atoms with Crippen LogP contribution < -0.4 is 10.5 Å². The number of nitrogens with two attached hydrogens (primary N) is 1. The number of aryl methyl sites for hydroxylation is 1. The fourth-order valence-corrected chi connectivity index (χ4v) is 4.67. The fraction of sp³-hybridized carbons (Fsp3) is 0.632. The Hall–Kier alpha value is -1.28. The lowest BCUT2D eigenvalue weighted by atomic mass is 9.96. The molecule has 0 aliphatic carbocycles. The molecule has 2 heterocycles. The number of rotatable bonds is 6. The summed E-state index contributed by atoms with van der Waals surface area (Å²) in [6.45, 7) is 5.80. The molecule has 0 radical (unpaired) electrons. The molecule has 2 aliphatic rings. The molecule has 0 amide bonds. The number of carboxylic acid groups (broad SMARTS) is 1. The van der Waals surface area contributed by atoms with E-state index in [9.17, 15) is 9.90 Å². The van der Waals surface area contributed by atoms with Gasteiger partial charge in [0.25, 0.3) is 0 Å². The summed E-state index contributed by atoms with van der Waals surface area (Å²) < 4.78 is 11.7. The Morgan fingerprint density at radius 3 is 2.88 bits per heavy atom. The first-order valence-electron chi connectivity index (χ1n) is 9.16. The number of morpholine rings is 1. The van der Waals surface area contributed by atoms with E-state index in [4.69, 9.17) is 15.2 Å². The monoisotopic (exact) mass is 380 g/mol. The molecule has 2 saturated heterocycles. The first-order valence-corrected chi connectivity index (χ1v) is 10.3. The van der Waals surface area contributed by atoms with E-state index < -0.39 is 11.6 Å². The maximum absolute atomic E-state index is 11.8. The third kappa shape index (κ3) is 4.52. The molecule has 2 aliphatic heterocycles. The highest BCUT2D eigenvalue weighted by Crippen LogP contribution is 2.34. The summed E-state index contributed by atoms with van der Waals surface area (Å²) in [7, 11) is 0. The van der Waals surface area contributed by atoms with E-state index in [-0.39, 0.29) is 6.10 Å². The van der Waals surface area contributed by atoms with Gasteiger partial charge in [-0.25, -0.2) is 4.79 Å². The molecule has 1 atom stereocenters. The van der Waals surface area contributed by atoms with Gasteiger partial charge in [0.15, 0.2) is 0 Å². The van der Waals surface area contributed by atoms with Crippen LogP contribution in [-0.4, -0.2) is 65.4 Å². The van der Waals surface area contributed by atoms with Gasteiger partial charge in [-0.15, -0.1) is 0 Å². The van der Waals surface area contributed by atoms with E-state index in [1.165, 1.54) is 5.56 Å². The Bertz CT molecular complexity index is 634. The Balaban J connectivity index is 1.68. The molecule has 0 saturated carbocycles. The summed E-state index contributed by atoms with van der Waals surface area (Å²) in [6.07, 6.45) is 1.19. The number of nitrogens with zero attached hydrogens (tertiary/aromatic N) is 1. The Labute approximate surface area is 159 Å². The normalized spacial score (nSPS) is 23.5. The van der Waals surface area contributed by atoms with Crippen LogP contribution in [0.15, 0.2) is 18.2 Å². The number of ether oxygens (including phenoxy) is 2. The van der Waals surface area contributed by atoms with Crippen LogP contribution in [0.3, 0.4) is 0 Å². The maximum atomic E-state index is 11.8. The smallest absolute Gasteiger partial charge is 0.348 e. The van der Waals surface area contributed by atoms with Gasteiger partial charge in [-0.2, -0.15) is 11.8 Å². The molecule has 3 rings (SSSR count). The van der Waals surface area contributed by atoms with Gasteiger partial charge >= 0.3 is 5.97 Å². The van der Waals surface area contributed by atoms with Gasteiger partial charge in [-0.1, -0.05) is 12.1 Å². The van der Waals surface area contributed by atoms with E-state index in [1.54, 1.807) is 11.8 Å². The van der Waals surface area contributed by atoms with E-state index in [0.717, 1.165) is 36.7 Å². The third-order valence-corrected chi connectivity index (χ3v) is 6.11. The summed E-state index contributed by atoms with van der Waals surface area (Å²) in [4.78, 5) is 14.2. The third-order valence-electron chi connectivity index (χ3n) is 5.13. The van der Waals surface area contributed by atoms with E-state index >= 15 is 0 Å². The van der Waals surface area contributed by atoms with E-state index in [1.807, 2.05) is 19.1 Å². The van der Waals surface area contributed by atoms with Crippen LogP contribution >= 0.6 is 11.8 Å². The van der Waals surface area contributed by atoms with Crippen LogP contribution in [0.4, 0.5) is 0 Å². The number of carboxylic acids is 1. The molecule has 144 valence electrons. The first-order chi connectivity index (χ1) is 12.5. The number of hydrogen-bond donors (Lipinski definition) is 2. The van der Waals surface area contributed by atoms with Gasteiger partial charge in [-0.05, 0) is 35.6 Å². The van der Waals surface area contributed by atoms with E-state index in [2.05, 4.69) is 11.0 Å². The van der Waals surface area contributed by atoms with Crippen molar-refractivity contribution in [1.82, 2.24) is 4.90 Å². The highest BCUT2D eigenvalue weighted by molar-refractivity contribution is 7.99. The van der Waals surface area contributed by atoms with Crippen molar-refractivity contribution in [3.63, 3.8) is 0 Å². The largest absolute Gasteiger partial charge is 0.478 e. The summed E-state index contributed by atoms with van der Waals surface area (Å²) in [6, 6.07) is 6.04. The minimum Gasteiger partial charge on any atom is -0.478 e. The van der Waals surface area contributed by atoms with Gasteiger partial charge in [0.2, 0.25) is 5.60 Å². The molecular weight excluding hydrogens is 352 g/mol. The number of thioether (sulfide) groups is 1. The van der Waals surface area contributed by atoms with Crippen LogP contribution in [-0.2, 0) is 16.1 Å². The summed E-state index contributed by atoms with van der Waals surface area (Å²) >= 11 is 1.79. The molecule has 3 N–H and O–H groups in total. The van der Waals surface area contributed by atoms with Crippen molar-refractivity contribution in [3.8, 4) is 5.75 Å². The number of carbonyl (C=O) groups is 1. The predicted octanol–water partition coefficient (Wildman–Crippen LogP) is 1.88. The zero-order chi connectivity index (χ0) is 18.6. The molecular formula is C19H28N2O4S. The van der Waals surface area contributed by atoms with Gasteiger partial charge in [-0.3, -0.25) is 4.90 Å². The quantitative estimate of drug-likeness (QED) is 0.779. The Morgan fingerprint density at radius 1 is 1.46 bits per heavy atom. The summed E-state index contributed by atoms with van der Waals surface area (Å²) in [5.41, 5.74) is 6.79. The van der Waals surface area contributed by atoms with Gasteiger partial charge in [0.05, 0.1) is 12.7 Å². The second-order valence-electron chi connectivity index (χ2n) is 7.08. The highest BCUT2D eigenvalue weighted by Gasteiger charge is 2.42. The maximum Gasteiger partial charge on any atom is 0.348 e. The zero-order valence-corrected chi connectivity index (χ0v) is 16.1. The molecule has 0 unspecified atom stereocenters. The predicted molar refractivity (Wildman–Crippen MR) is 103 cm³/mol. The van der Waals surface area contributed by atoms with Crippen molar-refractivity contribution in [3.05, 3.63) is 29.3 Å². The Morgan fingerprint density at radius 2 is 2.23 bits per heavy atom. The second-order valence-corrected chi connectivity index (χ2v) is 8.30. The number of hydrogen-bond acceptors (Lipinski definition) is 6. The molecule has 0 aromatic heterocycles. The van der Waals surface area contributed by atoms with Crippen LogP contribution in [0.1, 0.15) is 24.0 Å². The number of benzene rings is 1. The lowest BCUT2D eigenvalue weighted by Gasteiger charge is -2.34. The van der Waals surface area contributed by atoms with Crippen LogP contribution in [0.2, 0.25) is 0 Å². The lowest BCUT2D eigenvalue weighted by Crippen LogP contribution is -2.47. The van der Waals surface area contributed by atoms with Crippen LogP contribution in [0.5, 0.6) is 5.75 Å². The molecule has 1 aromatic rings. The van der Waals surface area contributed by atoms with E-state index in [0.29, 0.717) is 31.7 Å². The van der Waals surface area contributed by atoms with Crippen molar-refractivity contribution in [1.29, 1.82) is 0 Å². The second kappa shape index (κ2) is 8.61. The molecule has 2 fully saturated rings. The average molecular weight is 381 g/mol. The standard InChI is InChI=1S/C19H28N2O4S/c1-14-10-15(12-21-6-7-24-16(11-20)13-21)2-3-17(14)25-19(18(22)23)4-8-26-9-5-19/h2-3,10,16H,4-9,11-13,20H2,1H3,(H,22,23)/t16-/m1/s1. The average Bonchev–Trinajstić information content (AvgIpc) is 2.65. The van der Waals surface area contributed by atoms with Crippen molar-refractivity contribution >= 4 is 17.7 Å². The highest BCUT2D eigenvalue weighted by atomic mass is 32.2. The lowest BCUT2D eigenvalue weighted by molar-refractivity contribution is -0.156. The Kier molecular flexibility index (Phi) is 6.45.